The van der Waals surface area contributed by atoms with Gasteiger partial charge in [0.25, 0.3) is 0 Å². The van der Waals surface area contributed by atoms with Gasteiger partial charge in [-0.1, -0.05) is 12.1 Å². The van der Waals surface area contributed by atoms with Gasteiger partial charge in [0.15, 0.2) is 5.78 Å². The highest BCUT2D eigenvalue weighted by molar-refractivity contribution is 6.22. The second-order valence-corrected chi connectivity index (χ2v) is 9.67. The first-order valence-corrected chi connectivity index (χ1v) is 10.5. The third kappa shape index (κ3) is 3.11. The van der Waals surface area contributed by atoms with Gasteiger partial charge in [0, 0.05) is 60.5 Å². The van der Waals surface area contributed by atoms with Crippen molar-refractivity contribution < 1.29 is 14.3 Å². The molecule has 2 atom stereocenters. The lowest BCUT2D eigenvalue weighted by atomic mass is 10.0. The van der Waals surface area contributed by atoms with Crippen LogP contribution in [0, 0.1) is 11.8 Å². The SMILES string of the molecule is CC(C)(C)OC(=O)N1CC2CN(c3ccc4c(c3)C(=O)c3cc(N)ccc3-4)CC2C1. The summed E-state index contributed by atoms with van der Waals surface area (Å²) < 4.78 is 5.53. The van der Waals surface area contributed by atoms with Gasteiger partial charge in [0.2, 0.25) is 0 Å². The third-order valence-electron chi connectivity index (χ3n) is 6.33. The Balaban J connectivity index is 1.31. The van der Waals surface area contributed by atoms with Crippen LogP contribution in [-0.4, -0.2) is 48.6 Å². The minimum atomic E-state index is -0.472. The number of carbonyl (C=O) groups excluding carboxylic acids is 2. The maximum Gasteiger partial charge on any atom is 0.410 e. The molecule has 0 bridgehead atoms. The molecule has 156 valence electrons. The Morgan fingerprint density at radius 1 is 0.933 bits per heavy atom. The van der Waals surface area contributed by atoms with Crippen molar-refractivity contribution in [2.45, 2.75) is 26.4 Å². The average Bonchev–Trinajstić information content (AvgIpc) is 3.31. The lowest BCUT2D eigenvalue weighted by Gasteiger charge is -2.26. The molecule has 6 nitrogen and oxygen atoms in total. The monoisotopic (exact) mass is 405 g/mol. The predicted octanol–water partition coefficient (Wildman–Crippen LogP) is 3.78. The second-order valence-electron chi connectivity index (χ2n) is 9.67. The number of fused-ring (bicyclic) bond motifs is 4. The second kappa shape index (κ2) is 6.49. The van der Waals surface area contributed by atoms with Crippen LogP contribution >= 0.6 is 0 Å². The maximum atomic E-state index is 12.9. The number of benzene rings is 2. The standard InChI is InChI=1S/C24H27N3O3/c1-24(2,3)30-23(29)27-12-14-10-26(11-15(14)13-27)17-5-7-19-18-6-4-16(25)8-20(18)22(28)21(19)9-17/h4-9,14-15H,10-13,25H2,1-3H3. The van der Waals surface area contributed by atoms with Gasteiger partial charge in [-0.05, 0) is 56.2 Å². The molecule has 30 heavy (non-hydrogen) atoms. The van der Waals surface area contributed by atoms with Crippen molar-refractivity contribution in [1.82, 2.24) is 4.90 Å². The minimum absolute atomic E-state index is 0.0460. The zero-order chi connectivity index (χ0) is 21.2. The first-order valence-electron chi connectivity index (χ1n) is 10.5. The maximum absolute atomic E-state index is 12.9. The number of ketones is 1. The predicted molar refractivity (Wildman–Crippen MR) is 117 cm³/mol. The number of nitrogens with zero attached hydrogens (tertiary/aromatic N) is 2. The number of hydrogen-bond acceptors (Lipinski definition) is 5. The Kier molecular flexibility index (Phi) is 4.10. The molecule has 2 aliphatic heterocycles. The number of hydrogen-bond donors (Lipinski definition) is 1. The van der Waals surface area contributed by atoms with E-state index in [4.69, 9.17) is 10.5 Å². The van der Waals surface area contributed by atoms with E-state index in [2.05, 4.69) is 11.0 Å². The topological polar surface area (TPSA) is 75.9 Å². The Labute approximate surface area is 176 Å². The van der Waals surface area contributed by atoms with E-state index in [-0.39, 0.29) is 11.9 Å². The van der Waals surface area contributed by atoms with Crippen LogP contribution in [0.3, 0.4) is 0 Å². The summed E-state index contributed by atoms with van der Waals surface area (Å²) in [5, 5.41) is 0. The molecule has 2 heterocycles. The fourth-order valence-corrected chi connectivity index (χ4v) is 4.96. The molecule has 1 amide bonds. The number of carbonyl (C=O) groups is 2. The van der Waals surface area contributed by atoms with E-state index in [1.54, 1.807) is 6.07 Å². The van der Waals surface area contributed by atoms with Crippen LogP contribution in [0.5, 0.6) is 0 Å². The van der Waals surface area contributed by atoms with Crippen molar-refractivity contribution in [2.24, 2.45) is 11.8 Å². The zero-order valence-corrected chi connectivity index (χ0v) is 17.6. The van der Waals surface area contributed by atoms with E-state index >= 15 is 0 Å². The molecule has 2 N–H and O–H groups in total. The van der Waals surface area contributed by atoms with E-state index in [0.717, 1.165) is 48.6 Å². The van der Waals surface area contributed by atoms with Gasteiger partial charge in [-0.15, -0.1) is 0 Å². The summed E-state index contributed by atoms with van der Waals surface area (Å²) in [5.41, 5.74) is 10.5. The van der Waals surface area contributed by atoms with Gasteiger partial charge in [-0.25, -0.2) is 4.79 Å². The Morgan fingerprint density at radius 2 is 1.53 bits per heavy atom. The van der Waals surface area contributed by atoms with Crippen LogP contribution < -0.4 is 10.6 Å². The summed E-state index contributed by atoms with van der Waals surface area (Å²) in [6, 6.07) is 11.7. The van der Waals surface area contributed by atoms with Crippen LogP contribution in [-0.2, 0) is 4.74 Å². The molecular formula is C24H27N3O3. The van der Waals surface area contributed by atoms with Crippen molar-refractivity contribution >= 4 is 23.3 Å². The van der Waals surface area contributed by atoms with Crippen LogP contribution in [0.25, 0.3) is 11.1 Å². The highest BCUT2D eigenvalue weighted by atomic mass is 16.6. The van der Waals surface area contributed by atoms with Gasteiger partial charge < -0.3 is 20.3 Å². The lowest BCUT2D eigenvalue weighted by Crippen LogP contribution is -2.37. The molecule has 3 aliphatic rings. The largest absolute Gasteiger partial charge is 0.444 e. The van der Waals surface area contributed by atoms with Gasteiger partial charge >= 0.3 is 6.09 Å². The van der Waals surface area contributed by atoms with Crippen molar-refractivity contribution in [3.8, 4) is 11.1 Å². The molecule has 2 aromatic rings. The van der Waals surface area contributed by atoms with Crippen LogP contribution in [0.4, 0.5) is 16.2 Å². The number of nitrogens with two attached hydrogens (primary N) is 1. The van der Waals surface area contributed by atoms with E-state index in [1.807, 2.05) is 49.9 Å². The Morgan fingerprint density at radius 3 is 2.17 bits per heavy atom. The molecule has 2 saturated heterocycles. The average molecular weight is 405 g/mol. The first-order chi connectivity index (χ1) is 14.2. The lowest BCUT2D eigenvalue weighted by molar-refractivity contribution is 0.0282. The molecule has 0 spiro atoms. The molecule has 2 fully saturated rings. The summed E-state index contributed by atoms with van der Waals surface area (Å²) >= 11 is 0. The molecule has 1 aliphatic carbocycles. The van der Waals surface area contributed by atoms with Gasteiger partial charge in [0.1, 0.15) is 5.60 Å². The highest BCUT2D eigenvalue weighted by Crippen LogP contribution is 2.41. The molecular weight excluding hydrogens is 378 g/mol. The van der Waals surface area contributed by atoms with Crippen molar-refractivity contribution in [3.63, 3.8) is 0 Å². The minimum Gasteiger partial charge on any atom is -0.444 e. The molecule has 0 aromatic heterocycles. The molecule has 5 rings (SSSR count). The number of rotatable bonds is 1. The Bertz CT molecular complexity index is 1040. The zero-order valence-electron chi connectivity index (χ0n) is 17.6. The quantitative estimate of drug-likeness (QED) is 0.624. The molecule has 2 unspecified atom stereocenters. The van der Waals surface area contributed by atoms with Gasteiger partial charge in [-0.3, -0.25) is 4.79 Å². The van der Waals surface area contributed by atoms with Crippen LogP contribution in [0.15, 0.2) is 36.4 Å². The summed E-state index contributed by atoms with van der Waals surface area (Å²) in [5.74, 6) is 0.904. The number of nitrogen functional groups attached to an aromatic ring is 1. The van der Waals surface area contributed by atoms with Crippen molar-refractivity contribution in [2.75, 3.05) is 36.8 Å². The fraction of sp³-hybridized carbons (Fsp3) is 0.417. The summed E-state index contributed by atoms with van der Waals surface area (Å²) in [6.45, 7) is 8.91. The van der Waals surface area contributed by atoms with E-state index in [1.165, 1.54) is 0 Å². The van der Waals surface area contributed by atoms with Crippen molar-refractivity contribution in [3.05, 3.63) is 47.5 Å². The molecule has 0 saturated carbocycles. The van der Waals surface area contributed by atoms with E-state index in [9.17, 15) is 9.59 Å². The third-order valence-corrected chi connectivity index (χ3v) is 6.33. The number of ether oxygens (including phenoxy) is 1. The summed E-state index contributed by atoms with van der Waals surface area (Å²) in [4.78, 5) is 29.5. The van der Waals surface area contributed by atoms with E-state index in [0.29, 0.717) is 23.1 Å². The van der Waals surface area contributed by atoms with Crippen molar-refractivity contribution in [1.29, 1.82) is 0 Å². The number of amides is 1. The molecule has 0 radical (unpaired) electrons. The smallest absolute Gasteiger partial charge is 0.410 e. The van der Waals surface area contributed by atoms with E-state index < -0.39 is 5.60 Å². The highest BCUT2D eigenvalue weighted by Gasteiger charge is 2.43. The van der Waals surface area contributed by atoms with Crippen LogP contribution in [0.2, 0.25) is 0 Å². The first kappa shape index (κ1) is 19.0. The van der Waals surface area contributed by atoms with Crippen LogP contribution in [0.1, 0.15) is 36.7 Å². The summed E-state index contributed by atoms with van der Waals surface area (Å²) in [7, 11) is 0. The molecule has 6 heteroatoms. The fourth-order valence-electron chi connectivity index (χ4n) is 4.96. The molecule has 2 aromatic carbocycles. The number of anilines is 2. The summed E-state index contributed by atoms with van der Waals surface area (Å²) in [6.07, 6.45) is -0.219. The van der Waals surface area contributed by atoms with Gasteiger partial charge in [-0.2, -0.15) is 0 Å². The normalized spacial score (nSPS) is 22.2. The van der Waals surface area contributed by atoms with Gasteiger partial charge in [0.05, 0.1) is 0 Å². The Hall–Kier alpha value is -3.02. The number of likely N-dealkylation sites (tertiary alicyclic amines) is 1.